The molecule has 1 aliphatic heterocycles. The molecule has 1 fully saturated rings. The highest BCUT2D eigenvalue weighted by Crippen LogP contribution is 2.22. The molecule has 0 amide bonds. The van der Waals surface area contributed by atoms with E-state index in [9.17, 15) is 0 Å². The minimum absolute atomic E-state index is 0. The van der Waals surface area contributed by atoms with E-state index in [1.165, 1.54) is 11.3 Å². The van der Waals surface area contributed by atoms with E-state index in [0.29, 0.717) is 0 Å². The summed E-state index contributed by atoms with van der Waals surface area (Å²) in [6.07, 6.45) is 4.99. The number of guanidine groups is 1. The normalized spacial score (nSPS) is 14.4. The number of imidazole rings is 1. The van der Waals surface area contributed by atoms with Gasteiger partial charge in [0, 0.05) is 69.8 Å². The van der Waals surface area contributed by atoms with Gasteiger partial charge in [-0.15, -0.1) is 24.0 Å². The van der Waals surface area contributed by atoms with Gasteiger partial charge in [0.2, 0.25) is 0 Å². The van der Waals surface area contributed by atoms with E-state index in [4.69, 9.17) is 14.7 Å². The number of hydrogen-bond acceptors (Lipinski definition) is 4. The molecule has 0 unspecified atom stereocenters. The highest BCUT2D eigenvalue weighted by Gasteiger charge is 2.20. The molecule has 1 aromatic carbocycles. The quantitative estimate of drug-likeness (QED) is 0.290. The molecule has 0 radical (unpaired) electrons. The van der Waals surface area contributed by atoms with Gasteiger partial charge in [-0.05, 0) is 37.6 Å². The average molecular weight is 548 g/mol. The van der Waals surface area contributed by atoms with Crippen LogP contribution in [0.4, 0.5) is 5.69 Å². The molecule has 7 nitrogen and oxygen atoms in total. The minimum atomic E-state index is 0. The van der Waals surface area contributed by atoms with E-state index < -0.39 is 0 Å². The zero-order valence-electron chi connectivity index (χ0n) is 19.1. The Kier molecular flexibility index (Phi) is 8.60. The van der Waals surface area contributed by atoms with E-state index in [2.05, 4.69) is 63.8 Å². The number of halogens is 1. The molecule has 32 heavy (non-hydrogen) atoms. The lowest BCUT2D eigenvalue weighted by atomic mass is 10.2. The Balaban J connectivity index is 0.00000289. The Hall–Kier alpha value is -2.49. The summed E-state index contributed by atoms with van der Waals surface area (Å²) in [7, 11) is 1.71. The van der Waals surface area contributed by atoms with E-state index in [1.807, 2.05) is 18.3 Å². The monoisotopic (exact) mass is 548 g/mol. The Morgan fingerprint density at radius 2 is 1.97 bits per heavy atom. The van der Waals surface area contributed by atoms with Crippen LogP contribution in [0, 0.1) is 6.92 Å². The lowest BCUT2D eigenvalue weighted by Crippen LogP contribution is -2.52. The summed E-state index contributed by atoms with van der Waals surface area (Å²) >= 11 is 0. The number of pyridine rings is 1. The fourth-order valence-electron chi connectivity index (χ4n) is 4.01. The molecule has 1 aliphatic rings. The number of rotatable bonds is 6. The third kappa shape index (κ3) is 5.65. The van der Waals surface area contributed by atoms with Crippen molar-refractivity contribution in [3.05, 3.63) is 60.0 Å². The zero-order chi connectivity index (χ0) is 21.6. The molecule has 0 bridgehead atoms. The SMILES string of the molecule is CCNC(=NCCc1cn2cccc(C)c2n1)N1CCN(c2cccc(OC)c2)CC1.I. The number of ether oxygens (including phenoxy) is 1. The molecule has 0 spiro atoms. The van der Waals surface area contributed by atoms with E-state index in [-0.39, 0.29) is 24.0 Å². The highest BCUT2D eigenvalue weighted by molar-refractivity contribution is 14.0. The second-order valence-electron chi connectivity index (χ2n) is 7.82. The van der Waals surface area contributed by atoms with Crippen LogP contribution in [0.25, 0.3) is 5.65 Å². The first-order valence-corrected chi connectivity index (χ1v) is 11.0. The third-order valence-corrected chi connectivity index (χ3v) is 5.69. The molecule has 172 valence electrons. The number of piperazine rings is 1. The van der Waals surface area contributed by atoms with Crippen molar-refractivity contribution in [2.24, 2.45) is 4.99 Å². The van der Waals surface area contributed by atoms with Crippen LogP contribution < -0.4 is 15.0 Å². The molecule has 0 aliphatic carbocycles. The first kappa shape index (κ1) is 24.2. The second kappa shape index (κ2) is 11.4. The number of anilines is 1. The van der Waals surface area contributed by atoms with Gasteiger partial charge < -0.3 is 24.3 Å². The minimum Gasteiger partial charge on any atom is -0.497 e. The summed E-state index contributed by atoms with van der Waals surface area (Å²) < 4.78 is 7.47. The molecule has 1 N–H and O–H groups in total. The van der Waals surface area contributed by atoms with Crippen molar-refractivity contribution >= 4 is 41.3 Å². The maximum Gasteiger partial charge on any atom is 0.194 e. The van der Waals surface area contributed by atoms with Gasteiger partial charge in [0.1, 0.15) is 11.4 Å². The number of nitrogens with one attached hydrogen (secondary N) is 1. The maximum atomic E-state index is 5.37. The number of nitrogens with zero attached hydrogens (tertiary/aromatic N) is 5. The van der Waals surface area contributed by atoms with Crippen molar-refractivity contribution in [3.63, 3.8) is 0 Å². The van der Waals surface area contributed by atoms with Crippen LogP contribution in [0.2, 0.25) is 0 Å². The largest absolute Gasteiger partial charge is 0.497 e. The van der Waals surface area contributed by atoms with Crippen molar-refractivity contribution in [1.82, 2.24) is 19.6 Å². The number of hydrogen-bond donors (Lipinski definition) is 1. The van der Waals surface area contributed by atoms with Gasteiger partial charge in [0.05, 0.1) is 12.8 Å². The summed E-state index contributed by atoms with van der Waals surface area (Å²) in [5.41, 5.74) is 4.52. The van der Waals surface area contributed by atoms with Crippen molar-refractivity contribution in [2.45, 2.75) is 20.3 Å². The van der Waals surface area contributed by atoms with Crippen LogP contribution in [0.15, 0.2) is 53.8 Å². The van der Waals surface area contributed by atoms with Crippen molar-refractivity contribution in [1.29, 1.82) is 0 Å². The predicted molar refractivity (Wildman–Crippen MR) is 142 cm³/mol. The van der Waals surface area contributed by atoms with Crippen LogP contribution in [-0.4, -0.2) is 66.6 Å². The van der Waals surface area contributed by atoms with Crippen molar-refractivity contribution in [2.75, 3.05) is 51.3 Å². The van der Waals surface area contributed by atoms with Gasteiger partial charge in [-0.25, -0.2) is 4.98 Å². The van der Waals surface area contributed by atoms with Gasteiger partial charge in [0.25, 0.3) is 0 Å². The first-order chi connectivity index (χ1) is 15.2. The van der Waals surface area contributed by atoms with Crippen LogP contribution in [0.3, 0.4) is 0 Å². The van der Waals surface area contributed by atoms with Gasteiger partial charge in [-0.2, -0.15) is 0 Å². The summed E-state index contributed by atoms with van der Waals surface area (Å²) in [5.74, 6) is 1.89. The smallest absolute Gasteiger partial charge is 0.194 e. The van der Waals surface area contributed by atoms with Crippen LogP contribution in [-0.2, 0) is 6.42 Å². The Bertz CT molecular complexity index is 1040. The summed E-state index contributed by atoms with van der Waals surface area (Å²) in [6, 6.07) is 12.4. The lowest BCUT2D eigenvalue weighted by Gasteiger charge is -2.37. The molecule has 0 atom stereocenters. The first-order valence-electron chi connectivity index (χ1n) is 11.0. The standard InChI is InChI=1S/C24H32N6O.HI/c1-4-25-24(26-11-10-20-18-30-12-6-7-19(2)23(30)27-20)29-15-13-28(14-16-29)21-8-5-9-22(17-21)31-3;/h5-9,12,17-18H,4,10-11,13-16H2,1-3H3,(H,25,26);1H. The Morgan fingerprint density at radius 1 is 1.16 bits per heavy atom. The average Bonchev–Trinajstić information content (AvgIpc) is 3.23. The molecular weight excluding hydrogens is 515 g/mol. The summed E-state index contributed by atoms with van der Waals surface area (Å²) in [4.78, 5) is 14.4. The fraction of sp³-hybridized carbons (Fsp3) is 0.417. The highest BCUT2D eigenvalue weighted by atomic mass is 127. The number of aliphatic imine (C=N–C) groups is 1. The van der Waals surface area contributed by atoms with E-state index in [1.54, 1.807) is 7.11 Å². The predicted octanol–water partition coefficient (Wildman–Crippen LogP) is 3.60. The molecule has 3 heterocycles. The number of benzene rings is 1. The van der Waals surface area contributed by atoms with Crippen LogP contribution in [0.5, 0.6) is 5.75 Å². The molecule has 1 saturated heterocycles. The summed E-state index contributed by atoms with van der Waals surface area (Å²) in [6.45, 7) is 9.61. The number of methoxy groups -OCH3 is 1. The number of fused-ring (bicyclic) bond motifs is 1. The molecule has 4 rings (SSSR count). The molecule has 8 heteroatoms. The molecular formula is C24H33IN6O. The van der Waals surface area contributed by atoms with E-state index >= 15 is 0 Å². The third-order valence-electron chi connectivity index (χ3n) is 5.69. The van der Waals surface area contributed by atoms with Crippen molar-refractivity contribution in [3.8, 4) is 5.75 Å². The zero-order valence-corrected chi connectivity index (χ0v) is 21.5. The van der Waals surface area contributed by atoms with Gasteiger partial charge in [0.15, 0.2) is 5.96 Å². The topological polar surface area (TPSA) is 57.4 Å². The second-order valence-corrected chi connectivity index (χ2v) is 7.82. The lowest BCUT2D eigenvalue weighted by molar-refractivity contribution is 0.372. The maximum absolute atomic E-state index is 5.37. The molecule has 3 aromatic rings. The summed E-state index contributed by atoms with van der Waals surface area (Å²) in [5, 5.41) is 3.46. The molecule has 0 saturated carbocycles. The van der Waals surface area contributed by atoms with Crippen LogP contribution >= 0.6 is 24.0 Å². The molecule has 2 aromatic heterocycles. The number of aromatic nitrogens is 2. The van der Waals surface area contributed by atoms with Gasteiger partial charge >= 0.3 is 0 Å². The number of aryl methyl sites for hydroxylation is 1. The fourth-order valence-corrected chi connectivity index (χ4v) is 4.01. The van der Waals surface area contributed by atoms with Gasteiger partial charge in [-0.3, -0.25) is 4.99 Å². The van der Waals surface area contributed by atoms with Crippen LogP contribution in [0.1, 0.15) is 18.2 Å². The van der Waals surface area contributed by atoms with Gasteiger partial charge in [-0.1, -0.05) is 12.1 Å². The Labute approximate surface area is 207 Å². The van der Waals surface area contributed by atoms with Crippen molar-refractivity contribution < 1.29 is 4.74 Å². The van der Waals surface area contributed by atoms with E-state index in [0.717, 1.165) is 68.7 Å². The Morgan fingerprint density at radius 3 is 2.69 bits per heavy atom.